The number of hydrogen-bond acceptors (Lipinski definition) is 3. The van der Waals surface area contributed by atoms with E-state index in [0.29, 0.717) is 10.3 Å². The highest BCUT2D eigenvalue weighted by molar-refractivity contribution is 7.11. The molecule has 0 unspecified atom stereocenters. The van der Waals surface area contributed by atoms with Gasteiger partial charge in [0.2, 0.25) is 0 Å². The Bertz CT molecular complexity index is 467. The lowest BCUT2D eigenvalue weighted by molar-refractivity contribution is 0.478. The first kappa shape index (κ1) is 12.4. The zero-order valence-corrected chi connectivity index (χ0v) is 11.2. The van der Waals surface area contributed by atoms with Gasteiger partial charge in [0, 0.05) is 5.38 Å². The van der Waals surface area contributed by atoms with Crippen LogP contribution in [-0.2, 0) is 6.42 Å². The highest BCUT2D eigenvalue weighted by atomic mass is 35.5. The number of aromatic nitrogens is 1. The van der Waals surface area contributed by atoms with Crippen molar-refractivity contribution in [3.63, 3.8) is 0 Å². The van der Waals surface area contributed by atoms with Gasteiger partial charge in [-0.1, -0.05) is 48.4 Å². The summed E-state index contributed by atoms with van der Waals surface area (Å²) >= 11 is 7.13. The standard InChI is InChI=1S/C13H14ClNOS/c1-2-3-4-10-5-7-11(8-6-10)16-13-15-12(14)9-17-13/h5-9H,2-4H2,1H3. The maximum absolute atomic E-state index is 5.73. The van der Waals surface area contributed by atoms with Crippen molar-refractivity contribution in [3.8, 4) is 10.9 Å². The molecule has 0 radical (unpaired) electrons. The fraction of sp³-hybridized carbons (Fsp3) is 0.308. The molecular formula is C13H14ClNOS. The van der Waals surface area contributed by atoms with Gasteiger partial charge in [-0.15, -0.1) is 0 Å². The molecule has 1 heterocycles. The van der Waals surface area contributed by atoms with Crippen LogP contribution in [0.4, 0.5) is 0 Å². The number of hydrogen-bond donors (Lipinski definition) is 0. The summed E-state index contributed by atoms with van der Waals surface area (Å²) in [5.41, 5.74) is 1.34. The Kier molecular flexibility index (Phi) is 4.40. The van der Waals surface area contributed by atoms with E-state index in [1.807, 2.05) is 12.1 Å². The maximum Gasteiger partial charge on any atom is 0.280 e. The van der Waals surface area contributed by atoms with Gasteiger partial charge in [-0.2, -0.15) is 4.98 Å². The van der Waals surface area contributed by atoms with Gasteiger partial charge < -0.3 is 4.74 Å². The van der Waals surface area contributed by atoms with Crippen molar-refractivity contribution >= 4 is 22.9 Å². The first-order valence-electron chi connectivity index (χ1n) is 5.65. The summed E-state index contributed by atoms with van der Waals surface area (Å²) in [6, 6.07) is 8.14. The summed E-state index contributed by atoms with van der Waals surface area (Å²) in [7, 11) is 0. The van der Waals surface area contributed by atoms with E-state index in [-0.39, 0.29) is 0 Å². The zero-order chi connectivity index (χ0) is 12.1. The summed E-state index contributed by atoms with van der Waals surface area (Å²) in [6.45, 7) is 2.20. The second kappa shape index (κ2) is 6.03. The average molecular weight is 268 g/mol. The van der Waals surface area contributed by atoms with Crippen LogP contribution in [0.3, 0.4) is 0 Å². The highest BCUT2D eigenvalue weighted by Gasteiger charge is 2.02. The van der Waals surface area contributed by atoms with E-state index >= 15 is 0 Å². The van der Waals surface area contributed by atoms with Crippen molar-refractivity contribution in [3.05, 3.63) is 40.4 Å². The molecule has 2 rings (SSSR count). The lowest BCUT2D eigenvalue weighted by Gasteiger charge is -2.03. The van der Waals surface area contributed by atoms with Crippen LogP contribution >= 0.6 is 22.9 Å². The molecule has 0 aliphatic carbocycles. The van der Waals surface area contributed by atoms with Gasteiger partial charge in [0.25, 0.3) is 5.19 Å². The third kappa shape index (κ3) is 3.72. The van der Waals surface area contributed by atoms with E-state index in [9.17, 15) is 0 Å². The molecule has 90 valence electrons. The third-order valence-electron chi connectivity index (χ3n) is 2.40. The van der Waals surface area contributed by atoms with Crippen LogP contribution in [0.5, 0.6) is 10.9 Å². The summed E-state index contributed by atoms with van der Waals surface area (Å²) in [4.78, 5) is 4.04. The summed E-state index contributed by atoms with van der Waals surface area (Å²) in [5, 5.41) is 2.81. The van der Waals surface area contributed by atoms with Crippen molar-refractivity contribution in [2.24, 2.45) is 0 Å². The molecule has 0 spiro atoms. The number of halogens is 1. The minimum absolute atomic E-state index is 0.476. The molecule has 0 bridgehead atoms. The molecule has 1 aromatic carbocycles. The Morgan fingerprint density at radius 1 is 1.29 bits per heavy atom. The van der Waals surface area contributed by atoms with Crippen molar-refractivity contribution < 1.29 is 4.74 Å². The molecule has 2 nitrogen and oxygen atoms in total. The molecule has 4 heteroatoms. The van der Waals surface area contributed by atoms with Gasteiger partial charge in [-0.25, -0.2) is 0 Å². The lowest BCUT2D eigenvalue weighted by atomic mass is 10.1. The maximum atomic E-state index is 5.73. The molecule has 0 fully saturated rings. The topological polar surface area (TPSA) is 22.1 Å². The van der Waals surface area contributed by atoms with Gasteiger partial charge in [0.1, 0.15) is 10.9 Å². The normalized spacial score (nSPS) is 10.5. The number of nitrogens with zero attached hydrogens (tertiary/aromatic N) is 1. The Morgan fingerprint density at radius 3 is 2.65 bits per heavy atom. The third-order valence-corrected chi connectivity index (χ3v) is 3.44. The number of rotatable bonds is 5. The second-order valence-electron chi connectivity index (χ2n) is 3.79. The van der Waals surface area contributed by atoms with Crippen LogP contribution in [0, 0.1) is 0 Å². The highest BCUT2D eigenvalue weighted by Crippen LogP contribution is 2.27. The van der Waals surface area contributed by atoms with Crippen LogP contribution in [-0.4, -0.2) is 4.98 Å². The Labute approximate surface area is 110 Å². The Hall–Kier alpha value is -1.06. The monoisotopic (exact) mass is 267 g/mol. The zero-order valence-electron chi connectivity index (χ0n) is 9.65. The molecular weight excluding hydrogens is 254 g/mol. The number of ether oxygens (including phenoxy) is 1. The molecule has 0 atom stereocenters. The average Bonchev–Trinajstić information content (AvgIpc) is 2.74. The summed E-state index contributed by atoms with van der Waals surface area (Å²) in [6.07, 6.45) is 3.57. The fourth-order valence-corrected chi connectivity index (χ4v) is 2.30. The smallest absolute Gasteiger partial charge is 0.280 e. The molecule has 1 aromatic heterocycles. The van der Waals surface area contributed by atoms with E-state index in [1.165, 1.54) is 29.7 Å². The minimum atomic E-state index is 0.476. The van der Waals surface area contributed by atoms with Crippen LogP contribution in [0.25, 0.3) is 0 Å². The van der Waals surface area contributed by atoms with Crippen LogP contribution in [0.15, 0.2) is 29.6 Å². The van der Waals surface area contributed by atoms with Gasteiger partial charge in [-0.05, 0) is 30.5 Å². The van der Waals surface area contributed by atoms with Crippen molar-refractivity contribution in [1.29, 1.82) is 0 Å². The van der Waals surface area contributed by atoms with E-state index in [4.69, 9.17) is 16.3 Å². The van der Waals surface area contributed by atoms with Crippen molar-refractivity contribution in [2.75, 3.05) is 0 Å². The number of benzene rings is 1. The summed E-state index contributed by atoms with van der Waals surface area (Å²) < 4.78 is 5.58. The van der Waals surface area contributed by atoms with Gasteiger partial charge in [0.15, 0.2) is 0 Å². The van der Waals surface area contributed by atoms with Crippen LogP contribution in [0.1, 0.15) is 25.3 Å². The lowest BCUT2D eigenvalue weighted by Crippen LogP contribution is -1.86. The SMILES string of the molecule is CCCCc1ccc(Oc2nc(Cl)cs2)cc1. The number of aryl methyl sites for hydroxylation is 1. The largest absolute Gasteiger partial charge is 0.431 e. The van der Waals surface area contributed by atoms with Crippen molar-refractivity contribution in [2.45, 2.75) is 26.2 Å². The van der Waals surface area contributed by atoms with Crippen molar-refractivity contribution in [1.82, 2.24) is 4.98 Å². The van der Waals surface area contributed by atoms with Gasteiger partial charge in [0.05, 0.1) is 0 Å². The number of unbranched alkanes of at least 4 members (excludes halogenated alkanes) is 1. The fourth-order valence-electron chi connectivity index (χ4n) is 1.49. The molecule has 17 heavy (non-hydrogen) atoms. The predicted octanol–water partition coefficient (Wildman–Crippen LogP) is 4.93. The molecule has 0 saturated carbocycles. The molecule has 2 aromatic rings. The molecule has 0 saturated heterocycles. The van der Waals surface area contributed by atoms with E-state index < -0.39 is 0 Å². The first-order chi connectivity index (χ1) is 8.28. The van der Waals surface area contributed by atoms with Crippen LogP contribution < -0.4 is 4.74 Å². The molecule has 0 N–H and O–H groups in total. The quantitative estimate of drug-likeness (QED) is 0.766. The number of thiazole rings is 1. The van der Waals surface area contributed by atoms with E-state index in [0.717, 1.165) is 12.2 Å². The second-order valence-corrected chi connectivity index (χ2v) is 4.99. The van der Waals surface area contributed by atoms with Gasteiger partial charge in [-0.3, -0.25) is 0 Å². The Morgan fingerprint density at radius 2 is 2.06 bits per heavy atom. The van der Waals surface area contributed by atoms with Gasteiger partial charge >= 0.3 is 0 Å². The van der Waals surface area contributed by atoms with E-state index in [1.54, 1.807) is 5.38 Å². The molecule has 0 amide bonds. The first-order valence-corrected chi connectivity index (χ1v) is 6.91. The Balaban J connectivity index is 1.98. The minimum Gasteiger partial charge on any atom is -0.431 e. The molecule has 0 aliphatic rings. The molecule has 0 aliphatic heterocycles. The predicted molar refractivity (Wildman–Crippen MR) is 72.3 cm³/mol. The summed E-state index contributed by atoms with van der Waals surface area (Å²) in [5.74, 6) is 0.802. The van der Waals surface area contributed by atoms with E-state index in [2.05, 4.69) is 24.0 Å². The van der Waals surface area contributed by atoms with Crippen LogP contribution in [0.2, 0.25) is 5.15 Å².